The molecule has 1 heterocycles. The number of hydrogen-bond donors (Lipinski definition) is 2. The van der Waals surface area contributed by atoms with Gasteiger partial charge >= 0.3 is 5.97 Å². The van der Waals surface area contributed by atoms with Crippen molar-refractivity contribution in [3.8, 4) is 0 Å². The Morgan fingerprint density at radius 2 is 2.20 bits per heavy atom. The van der Waals surface area contributed by atoms with Crippen LogP contribution in [0.25, 0.3) is 0 Å². The van der Waals surface area contributed by atoms with Gasteiger partial charge in [-0.15, -0.1) is 0 Å². The van der Waals surface area contributed by atoms with Gasteiger partial charge in [-0.1, -0.05) is 6.92 Å². The average Bonchev–Trinajstić information content (AvgIpc) is 2.60. The molecule has 0 unspecified atom stereocenters. The average molecular weight is 211 g/mol. The lowest BCUT2D eigenvalue weighted by Gasteiger charge is -2.10. The first kappa shape index (κ1) is 11.3. The molecule has 0 fully saturated rings. The van der Waals surface area contributed by atoms with Gasteiger partial charge in [0, 0.05) is 0 Å². The second-order valence-corrected chi connectivity index (χ2v) is 3.18. The monoisotopic (exact) mass is 211 g/mol. The largest absolute Gasteiger partial charge is 0.480 e. The van der Waals surface area contributed by atoms with E-state index in [2.05, 4.69) is 5.32 Å². The first-order valence-corrected chi connectivity index (χ1v) is 4.64. The van der Waals surface area contributed by atoms with Crippen LogP contribution >= 0.6 is 0 Å². The summed E-state index contributed by atoms with van der Waals surface area (Å²) in [6.07, 6.45) is 0.334. The Labute approximate surface area is 87.1 Å². The van der Waals surface area contributed by atoms with E-state index in [4.69, 9.17) is 9.52 Å². The van der Waals surface area contributed by atoms with Gasteiger partial charge in [-0.2, -0.15) is 0 Å². The molecule has 0 aliphatic carbocycles. The highest BCUT2D eigenvalue weighted by molar-refractivity contribution is 5.94. The number of carboxylic acids is 1. The molecule has 1 rings (SSSR count). The van der Waals surface area contributed by atoms with Crippen LogP contribution in [0.3, 0.4) is 0 Å². The van der Waals surface area contributed by atoms with E-state index < -0.39 is 17.9 Å². The lowest BCUT2D eigenvalue weighted by atomic mass is 10.2. The smallest absolute Gasteiger partial charge is 0.326 e. The Bertz CT molecular complexity index is 369. The van der Waals surface area contributed by atoms with Crippen LogP contribution in [0, 0.1) is 6.92 Å². The lowest BCUT2D eigenvalue weighted by Crippen LogP contribution is -2.40. The van der Waals surface area contributed by atoms with Crippen LogP contribution in [0.15, 0.2) is 16.5 Å². The maximum atomic E-state index is 11.5. The molecular weight excluding hydrogens is 198 g/mol. The Hall–Kier alpha value is -1.78. The number of rotatable bonds is 4. The molecule has 0 spiro atoms. The molecule has 0 aliphatic rings. The molecule has 0 saturated carbocycles. The van der Waals surface area contributed by atoms with Crippen LogP contribution in [0.1, 0.15) is 29.7 Å². The zero-order valence-corrected chi connectivity index (χ0v) is 8.61. The third-order valence-electron chi connectivity index (χ3n) is 1.98. The minimum Gasteiger partial charge on any atom is -0.480 e. The van der Waals surface area contributed by atoms with Crippen molar-refractivity contribution in [3.63, 3.8) is 0 Å². The minimum absolute atomic E-state index is 0.132. The fraction of sp³-hybridized carbons (Fsp3) is 0.400. The zero-order chi connectivity index (χ0) is 11.4. The van der Waals surface area contributed by atoms with Gasteiger partial charge in [0.15, 0.2) is 5.76 Å². The van der Waals surface area contributed by atoms with E-state index in [-0.39, 0.29) is 5.76 Å². The molecule has 0 aliphatic heterocycles. The van der Waals surface area contributed by atoms with Crippen LogP contribution in [-0.4, -0.2) is 23.0 Å². The number of amides is 1. The topological polar surface area (TPSA) is 79.5 Å². The lowest BCUT2D eigenvalue weighted by molar-refractivity contribution is -0.139. The Morgan fingerprint density at radius 3 is 2.60 bits per heavy atom. The maximum absolute atomic E-state index is 11.5. The summed E-state index contributed by atoms with van der Waals surface area (Å²) in [5.74, 6) is -0.804. The number of carbonyl (C=O) groups excluding carboxylic acids is 1. The number of nitrogens with one attached hydrogen (secondary N) is 1. The molecule has 0 aromatic carbocycles. The molecule has 0 bridgehead atoms. The van der Waals surface area contributed by atoms with Crippen molar-refractivity contribution in [2.45, 2.75) is 26.3 Å². The molecule has 1 amide bonds. The summed E-state index contributed by atoms with van der Waals surface area (Å²) >= 11 is 0. The Balaban J connectivity index is 2.66. The summed E-state index contributed by atoms with van der Waals surface area (Å²) in [6, 6.07) is 2.29. The summed E-state index contributed by atoms with van der Waals surface area (Å²) in [6.45, 7) is 3.40. The highest BCUT2D eigenvalue weighted by Crippen LogP contribution is 2.06. The first-order valence-electron chi connectivity index (χ1n) is 4.64. The third-order valence-corrected chi connectivity index (χ3v) is 1.98. The van der Waals surface area contributed by atoms with Gasteiger partial charge in [-0.3, -0.25) is 4.79 Å². The van der Waals surface area contributed by atoms with Gasteiger partial charge in [0.1, 0.15) is 11.8 Å². The molecule has 0 saturated heterocycles. The molecule has 5 nitrogen and oxygen atoms in total. The van der Waals surface area contributed by atoms with E-state index >= 15 is 0 Å². The summed E-state index contributed by atoms with van der Waals surface area (Å²) in [7, 11) is 0. The summed E-state index contributed by atoms with van der Waals surface area (Å²) in [5.41, 5.74) is 0. The number of hydrogen-bond acceptors (Lipinski definition) is 3. The molecule has 2 N–H and O–H groups in total. The van der Waals surface area contributed by atoms with Crippen molar-refractivity contribution in [2.24, 2.45) is 0 Å². The standard InChI is InChI=1S/C10H13NO4/c1-3-7(10(13)14)11-9(12)8-5-4-6(2)15-8/h4-5,7H,3H2,1-2H3,(H,11,12)(H,13,14)/t7-/m0/s1. The van der Waals surface area contributed by atoms with E-state index in [9.17, 15) is 9.59 Å². The van der Waals surface area contributed by atoms with E-state index in [1.807, 2.05) is 0 Å². The van der Waals surface area contributed by atoms with Gasteiger partial charge in [0.05, 0.1) is 0 Å². The van der Waals surface area contributed by atoms with Gasteiger partial charge in [-0.25, -0.2) is 4.79 Å². The third kappa shape index (κ3) is 2.83. The molecule has 1 aromatic heterocycles. The minimum atomic E-state index is -1.05. The van der Waals surface area contributed by atoms with Crippen molar-refractivity contribution >= 4 is 11.9 Å². The van der Waals surface area contributed by atoms with Crippen LogP contribution in [-0.2, 0) is 4.79 Å². The fourth-order valence-corrected chi connectivity index (χ4v) is 1.12. The first-order chi connectivity index (χ1) is 7.04. The predicted octanol–water partition coefficient (Wildman–Crippen LogP) is 1.18. The molecule has 1 aromatic rings. The number of carbonyl (C=O) groups is 2. The SMILES string of the molecule is CC[C@H](NC(=O)c1ccc(C)o1)C(=O)O. The van der Waals surface area contributed by atoms with Crippen LogP contribution in [0.5, 0.6) is 0 Å². The predicted molar refractivity (Wildman–Crippen MR) is 52.6 cm³/mol. The Kier molecular flexibility index (Phi) is 3.49. The van der Waals surface area contributed by atoms with Crippen molar-refractivity contribution < 1.29 is 19.1 Å². The summed E-state index contributed by atoms with van der Waals surface area (Å²) < 4.78 is 5.07. The molecule has 82 valence electrons. The summed E-state index contributed by atoms with van der Waals surface area (Å²) in [4.78, 5) is 22.1. The van der Waals surface area contributed by atoms with Crippen LogP contribution in [0.2, 0.25) is 0 Å². The molecule has 15 heavy (non-hydrogen) atoms. The van der Waals surface area contributed by atoms with Crippen molar-refractivity contribution in [3.05, 3.63) is 23.7 Å². The fourth-order valence-electron chi connectivity index (χ4n) is 1.12. The molecule has 1 atom stereocenters. The van der Waals surface area contributed by atoms with Gasteiger partial charge < -0.3 is 14.8 Å². The van der Waals surface area contributed by atoms with Crippen molar-refractivity contribution in [1.29, 1.82) is 0 Å². The molecule has 5 heteroatoms. The normalized spacial score (nSPS) is 12.1. The maximum Gasteiger partial charge on any atom is 0.326 e. The van der Waals surface area contributed by atoms with E-state index in [1.54, 1.807) is 19.9 Å². The highest BCUT2D eigenvalue weighted by atomic mass is 16.4. The number of aryl methyl sites for hydroxylation is 1. The quantitative estimate of drug-likeness (QED) is 0.783. The van der Waals surface area contributed by atoms with Gasteiger partial charge in [0.2, 0.25) is 0 Å². The van der Waals surface area contributed by atoms with E-state index in [0.717, 1.165) is 0 Å². The number of furan rings is 1. The van der Waals surface area contributed by atoms with Crippen LogP contribution in [0.4, 0.5) is 0 Å². The molecular formula is C10H13NO4. The number of aliphatic carboxylic acids is 1. The molecule has 0 radical (unpaired) electrons. The van der Waals surface area contributed by atoms with Gasteiger partial charge in [-0.05, 0) is 25.5 Å². The Morgan fingerprint density at radius 1 is 1.53 bits per heavy atom. The number of carboxylic acid groups (broad SMARTS) is 1. The van der Waals surface area contributed by atoms with Gasteiger partial charge in [0.25, 0.3) is 5.91 Å². The highest BCUT2D eigenvalue weighted by Gasteiger charge is 2.19. The second kappa shape index (κ2) is 4.63. The van der Waals surface area contributed by atoms with E-state index in [1.165, 1.54) is 6.07 Å². The van der Waals surface area contributed by atoms with Crippen molar-refractivity contribution in [2.75, 3.05) is 0 Å². The van der Waals surface area contributed by atoms with E-state index in [0.29, 0.717) is 12.2 Å². The summed E-state index contributed by atoms with van der Waals surface area (Å²) in [5, 5.41) is 11.1. The van der Waals surface area contributed by atoms with Crippen molar-refractivity contribution in [1.82, 2.24) is 5.32 Å². The second-order valence-electron chi connectivity index (χ2n) is 3.18. The zero-order valence-electron chi connectivity index (χ0n) is 8.61. The van der Waals surface area contributed by atoms with Crippen LogP contribution < -0.4 is 5.32 Å².